The van der Waals surface area contributed by atoms with Crippen molar-refractivity contribution in [2.75, 3.05) is 0 Å². The molecule has 2 atom stereocenters. The lowest BCUT2D eigenvalue weighted by Crippen LogP contribution is -2.69. The first-order valence-corrected chi connectivity index (χ1v) is 9.30. The van der Waals surface area contributed by atoms with E-state index in [0.717, 1.165) is 24.2 Å². The van der Waals surface area contributed by atoms with Crippen LogP contribution in [0.5, 0.6) is 11.5 Å². The molecule has 6 heteroatoms. The summed E-state index contributed by atoms with van der Waals surface area (Å²) < 4.78 is 6.38. The predicted molar refractivity (Wildman–Crippen MR) is 99.8 cm³/mol. The Bertz CT molecular complexity index is 788. The van der Waals surface area contributed by atoms with Crippen LogP contribution in [0, 0.1) is 0 Å². The summed E-state index contributed by atoms with van der Waals surface area (Å²) in [6.07, 6.45) is 1.58. The summed E-state index contributed by atoms with van der Waals surface area (Å²) in [4.78, 5) is 1.30. The summed E-state index contributed by atoms with van der Waals surface area (Å²) in [6, 6.07) is 9.64. The van der Waals surface area contributed by atoms with Crippen molar-refractivity contribution in [3.8, 4) is 11.5 Å². The normalized spacial score (nSPS) is 27.8. The lowest BCUT2D eigenvalue weighted by atomic mass is 9.79. The number of benzene rings is 1. The smallest absolute Gasteiger partial charge is 0.185 e. The maximum atomic E-state index is 9.91. The minimum Gasteiger partial charge on any atom is -0.508 e. The van der Waals surface area contributed by atoms with E-state index in [-0.39, 0.29) is 17.2 Å². The number of phenols is 1. The van der Waals surface area contributed by atoms with Gasteiger partial charge in [-0.3, -0.25) is 0 Å². The van der Waals surface area contributed by atoms with Gasteiger partial charge in [-0.25, -0.2) is 0 Å². The van der Waals surface area contributed by atoms with Gasteiger partial charge in [-0.15, -0.1) is 11.3 Å². The lowest BCUT2D eigenvalue weighted by Gasteiger charge is -2.50. The van der Waals surface area contributed by atoms with Crippen molar-refractivity contribution in [2.24, 2.45) is 0 Å². The second-order valence-electron chi connectivity index (χ2n) is 7.23. The topological polar surface area (TPSA) is 53.5 Å². The Morgan fingerprint density at radius 2 is 2.12 bits per heavy atom. The Hall–Kier alpha value is -1.79. The number of hydrogen-bond donors (Lipinski definition) is 3. The Morgan fingerprint density at radius 3 is 2.83 bits per heavy atom. The van der Waals surface area contributed by atoms with Crippen molar-refractivity contribution in [3.05, 3.63) is 46.2 Å². The minimum absolute atomic E-state index is 0.156. The van der Waals surface area contributed by atoms with Crippen molar-refractivity contribution in [1.29, 1.82) is 0 Å². The first-order valence-electron chi connectivity index (χ1n) is 8.02. The van der Waals surface area contributed by atoms with Crippen LogP contribution in [-0.2, 0) is 0 Å². The van der Waals surface area contributed by atoms with Crippen LogP contribution < -0.4 is 15.4 Å². The summed E-state index contributed by atoms with van der Waals surface area (Å²) in [5, 5.41) is 19.3. The van der Waals surface area contributed by atoms with Gasteiger partial charge in [0.15, 0.2) is 10.8 Å². The minimum atomic E-state index is -0.568. The highest BCUT2D eigenvalue weighted by atomic mass is 32.1. The number of nitrogens with one attached hydrogen (secondary N) is 2. The summed E-state index contributed by atoms with van der Waals surface area (Å²) in [6.45, 7) is 4.26. The second kappa shape index (κ2) is 5.36. The van der Waals surface area contributed by atoms with Gasteiger partial charge in [0.05, 0.1) is 0 Å². The van der Waals surface area contributed by atoms with Gasteiger partial charge in [0.25, 0.3) is 0 Å². The van der Waals surface area contributed by atoms with Crippen LogP contribution in [0.15, 0.2) is 35.7 Å². The number of hydrogen-bond acceptors (Lipinski definition) is 4. The Balaban J connectivity index is 1.81. The lowest BCUT2D eigenvalue weighted by molar-refractivity contribution is -0.0125. The average Bonchev–Trinajstić information content (AvgIpc) is 2.97. The second-order valence-corrected chi connectivity index (χ2v) is 8.62. The zero-order valence-electron chi connectivity index (χ0n) is 13.6. The van der Waals surface area contributed by atoms with Crippen molar-refractivity contribution >= 4 is 28.7 Å². The molecule has 2 aromatic rings. The van der Waals surface area contributed by atoms with Gasteiger partial charge in [-0.05, 0) is 43.6 Å². The molecule has 0 amide bonds. The van der Waals surface area contributed by atoms with Gasteiger partial charge in [-0.2, -0.15) is 0 Å². The standard InChI is InChI=1S/C18H20N2O2S2/c1-17(2)10-18(20-16(23)19-17)9-13(15-4-3-7-24-15)12-6-5-11(21)8-14(12)22-18/h3-8,13,21H,9-10H2,1-2H3,(H2,19,20,23)/t13-,18+/m0/s1. The average molecular weight is 361 g/mol. The summed E-state index contributed by atoms with van der Waals surface area (Å²) >= 11 is 7.17. The van der Waals surface area contributed by atoms with E-state index in [1.807, 2.05) is 6.07 Å². The maximum Gasteiger partial charge on any atom is 0.185 e. The molecule has 0 aliphatic carbocycles. The van der Waals surface area contributed by atoms with Crippen molar-refractivity contribution in [1.82, 2.24) is 10.6 Å². The van der Waals surface area contributed by atoms with Crippen molar-refractivity contribution in [2.45, 2.75) is 43.9 Å². The molecule has 0 radical (unpaired) electrons. The Kier molecular flexibility index (Phi) is 3.51. The molecule has 2 aliphatic heterocycles. The molecule has 4 nitrogen and oxygen atoms in total. The van der Waals surface area contributed by atoms with E-state index in [9.17, 15) is 5.11 Å². The van der Waals surface area contributed by atoms with E-state index in [1.54, 1.807) is 23.5 Å². The quantitative estimate of drug-likeness (QED) is 0.677. The Morgan fingerprint density at radius 1 is 1.29 bits per heavy atom. The van der Waals surface area contributed by atoms with Crippen molar-refractivity contribution < 1.29 is 9.84 Å². The highest BCUT2D eigenvalue weighted by Crippen LogP contribution is 2.48. The van der Waals surface area contributed by atoms with Gasteiger partial charge in [-0.1, -0.05) is 12.1 Å². The van der Waals surface area contributed by atoms with Crippen LogP contribution in [0.4, 0.5) is 0 Å². The van der Waals surface area contributed by atoms with Gasteiger partial charge in [0.2, 0.25) is 0 Å². The van der Waals surface area contributed by atoms with Crippen LogP contribution in [-0.4, -0.2) is 21.5 Å². The predicted octanol–water partition coefficient (Wildman–Crippen LogP) is 3.71. The van der Waals surface area contributed by atoms with Crippen LogP contribution in [0.3, 0.4) is 0 Å². The SMILES string of the molecule is CC1(C)C[C@]2(C[C@H](c3cccs3)c3ccc(O)cc3O2)NC(=S)N1. The highest BCUT2D eigenvalue weighted by Gasteiger charge is 2.48. The summed E-state index contributed by atoms with van der Waals surface area (Å²) in [7, 11) is 0. The van der Waals surface area contributed by atoms with E-state index in [4.69, 9.17) is 17.0 Å². The molecule has 1 aromatic heterocycles. The number of ether oxygens (including phenoxy) is 1. The number of thiophene rings is 1. The fourth-order valence-electron chi connectivity index (χ4n) is 3.87. The van der Waals surface area contributed by atoms with Crippen LogP contribution in [0.25, 0.3) is 0 Å². The van der Waals surface area contributed by atoms with Gasteiger partial charge in [0.1, 0.15) is 11.5 Å². The van der Waals surface area contributed by atoms with E-state index in [1.165, 1.54) is 4.88 Å². The Labute approximate surface area is 150 Å². The first-order chi connectivity index (χ1) is 11.4. The number of thiocarbonyl (C=S) groups is 1. The zero-order chi connectivity index (χ0) is 16.9. The van der Waals surface area contributed by atoms with Gasteiger partial charge >= 0.3 is 0 Å². The molecule has 0 saturated carbocycles. The maximum absolute atomic E-state index is 9.91. The molecule has 4 rings (SSSR count). The zero-order valence-corrected chi connectivity index (χ0v) is 15.3. The van der Waals surface area contributed by atoms with Crippen LogP contribution in [0.2, 0.25) is 0 Å². The van der Waals surface area contributed by atoms with Gasteiger partial charge < -0.3 is 20.5 Å². The van der Waals surface area contributed by atoms with E-state index in [2.05, 4.69) is 42.0 Å². The third-order valence-electron chi connectivity index (χ3n) is 4.62. The number of phenolic OH excluding ortho intramolecular Hbond substituents is 1. The molecule has 0 unspecified atom stereocenters. The molecule has 3 heterocycles. The monoisotopic (exact) mass is 360 g/mol. The van der Waals surface area contributed by atoms with Gasteiger partial charge in [0, 0.05) is 40.8 Å². The fraction of sp³-hybridized carbons (Fsp3) is 0.389. The van der Waals surface area contributed by atoms with Crippen LogP contribution in [0.1, 0.15) is 43.0 Å². The molecule has 2 aliphatic rings. The molecule has 1 saturated heterocycles. The molecular weight excluding hydrogens is 340 g/mol. The number of rotatable bonds is 1. The molecule has 3 N–H and O–H groups in total. The van der Waals surface area contributed by atoms with E-state index < -0.39 is 5.72 Å². The third-order valence-corrected chi connectivity index (χ3v) is 5.81. The number of fused-ring (bicyclic) bond motifs is 1. The molecule has 1 aromatic carbocycles. The largest absolute Gasteiger partial charge is 0.508 e. The summed E-state index contributed by atoms with van der Waals surface area (Å²) in [5.74, 6) is 1.16. The van der Waals surface area contributed by atoms with E-state index in [0.29, 0.717) is 5.11 Å². The molecule has 1 spiro atoms. The number of aromatic hydroxyl groups is 1. The molecule has 0 bridgehead atoms. The fourth-order valence-corrected chi connectivity index (χ4v) is 5.18. The molecule has 24 heavy (non-hydrogen) atoms. The van der Waals surface area contributed by atoms with Crippen molar-refractivity contribution in [3.63, 3.8) is 0 Å². The molecule has 1 fully saturated rings. The summed E-state index contributed by atoms with van der Waals surface area (Å²) in [5.41, 5.74) is 0.391. The molecule has 126 valence electrons. The highest BCUT2D eigenvalue weighted by molar-refractivity contribution is 7.80. The molecular formula is C18H20N2O2S2. The first kappa shape index (κ1) is 15.7. The van der Waals surface area contributed by atoms with Crippen LogP contribution >= 0.6 is 23.6 Å². The third kappa shape index (κ3) is 2.74. The van der Waals surface area contributed by atoms with E-state index >= 15 is 0 Å².